The average molecular weight is 549 g/mol. The smallest absolute Gasteiger partial charge is 0.310 e. The van der Waals surface area contributed by atoms with E-state index >= 15 is 0 Å². The van der Waals surface area contributed by atoms with Crippen LogP contribution in [0.3, 0.4) is 0 Å². The number of carboxylic acids is 2. The molecule has 220 valence electrons. The first-order valence-electron chi connectivity index (χ1n) is 16.8. The van der Waals surface area contributed by atoms with E-state index in [2.05, 4.69) is 45.1 Å². The highest BCUT2D eigenvalue weighted by atomic mass is 16.4. The van der Waals surface area contributed by atoms with Gasteiger partial charge in [-0.3, -0.25) is 9.59 Å². The van der Waals surface area contributed by atoms with Gasteiger partial charge in [-0.25, -0.2) is 0 Å². The summed E-state index contributed by atoms with van der Waals surface area (Å²) in [6, 6.07) is 0. The van der Waals surface area contributed by atoms with Crippen LogP contribution < -0.4 is 0 Å². The Balaban J connectivity index is 0.000000139. The zero-order chi connectivity index (χ0) is 28.1. The summed E-state index contributed by atoms with van der Waals surface area (Å²) in [4.78, 5) is 24.6. The molecule has 9 aliphatic rings. The minimum Gasteiger partial charge on any atom is -0.481 e. The van der Waals surface area contributed by atoms with Crippen LogP contribution in [0.5, 0.6) is 0 Å². The summed E-state index contributed by atoms with van der Waals surface area (Å²) >= 11 is 0. The Morgan fingerprint density at radius 1 is 0.675 bits per heavy atom. The maximum absolute atomic E-state index is 12.6. The summed E-state index contributed by atoms with van der Waals surface area (Å²) < 4.78 is 0. The third-order valence-electron chi connectivity index (χ3n) is 15.1. The van der Waals surface area contributed by atoms with Crippen molar-refractivity contribution < 1.29 is 19.8 Å². The van der Waals surface area contributed by atoms with Crippen LogP contribution in [0, 0.1) is 68.5 Å². The fourth-order valence-corrected chi connectivity index (χ4v) is 13.3. The molecule has 6 atom stereocenters. The molecule has 9 aliphatic carbocycles. The van der Waals surface area contributed by atoms with Crippen LogP contribution in [0.15, 0.2) is 24.3 Å². The van der Waals surface area contributed by atoms with Crippen molar-refractivity contribution in [3.8, 4) is 0 Å². The predicted molar refractivity (Wildman–Crippen MR) is 156 cm³/mol. The van der Waals surface area contributed by atoms with Crippen molar-refractivity contribution in [3.63, 3.8) is 0 Å². The molecule has 4 heteroatoms. The number of aliphatic carboxylic acids is 2. The molecular formula is C36H52O4. The van der Waals surface area contributed by atoms with Crippen molar-refractivity contribution in [1.29, 1.82) is 0 Å². The van der Waals surface area contributed by atoms with Gasteiger partial charge in [0, 0.05) is 0 Å². The minimum atomic E-state index is -0.529. The van der Waals surface area contributed by atoms with E-state index in [1.54, 1.807) is 0 Å². The Bertz CT molecular complexity index is 1090. The second-order valence-corrected chi connectivity index (χ2v) is 16.9. The van der Waals surface area contributed by atoms with E-state index in [0.29, 0.717) is 23.2 Å². The normalized spacial score (nSPS) is 48.8. The molecule has 0 amide bonds. The Morgan fingerprint density at radius 2 is 1.20 bits per heavy atom. The Hall–Kier alpha value is -1.58. The first-order chi connectivity index (χ1) is 18.9. The van der Waals surface area contributed by atoms with Gasteiger partial charge in [0.1, 0.15) is 0 Å². The molecule has 0 heterocycles. The molecule has 0 aromatic carbocycles. The molecule has 0 aromatic rings. The second kappa shape index (κ2) is 8.96. The fraction of sp³-hybridized carbons (Fsp3) is 0.833. The SMILES string of the molecule is CC(C)(C12CC3CC(CC(C3)C1)C2)C1(C(=O)O)CC2C=CC1C2.CC1(C2(C(=O)O)CC3C=CC2C3)CCCCC1. The van der Waals surface area contributed by atoms with Crippen LogP contribution >= 0.6 is 0 Å². The first kappa shape index (κ1) is 27.3. The van der Waals surface area contributed by atoms with Crippen molar-refractivity contribution in [1.82, 2.24) is 0 Å². The first-order valence-corrected chi connectivity index (χ1v) is 16.8. The molecule has 4 nitrogen and oxygen atoms in total. The van der Waals surface area contributed by atoms with E-state index in [1.807, 2.05) is 0 Å². The highest BCUT2D eigenvalue weighted by Crippen LogP contribution is 2.74. The van der Waals surface area contributed by atoms with Gasteiger partial charge in [0.15, 0.2) is 0 Å². The molecule has 7 saturated carbocycles. The Kier molecular flexibility index (Phi) is 6.11. The van der Waals surface area contributed by atoms with Crippen molar-refractivity contribution in [2.45, 2.75) is 117 Å². The van der Waals surface area contributed by atoms with Crippen LogP contribution in [-0.4, -0.2) is 22.2 Å². The van der Waals surface area contributed by atoms with Crippen LogP contribution in [0.25, 0.3) is 0 Å². The number of allylic oxidation sites excluding steroid dienone is 4. The van der Waals surface area contributed by atoms with Crippen molar-refractivity contribution in [3.05, 3.63) is 24.3 Å². The van der Waals surface area contributed by atoms with Gasteiger partial charge in [-0.1, -0.05) is 64.3 Å². The van der Waals surface area contributed by atoms with Gasteiger partial charge in [0.2, 0.25) is 0 Å². The standard InChI is InChI=1S/C21H30O2.C15H22O2/c1-19(2,21(18(22)23)12-13-3-4-17(21)8-13)20-9-14-5-15(10-20)7-16(6-14)11-20;1-14(7-3-2-4-8-14)15(13(16)17)10-11-5-6-12(15)9-11/h3-4,13-17H,5-12H2,1-2H3,(H,22,23);5-6,11-12H,2-4,7-10H2,1H3,(H,16,17). The number of rotatable bonds is 5. The summed E-state index contributed by atoms with van der Waals surface area (Å²) in [5.74, 6) is 3.26. The van der Waals surface area contributed by atoms with Gasteiger partial charge < -0.3 is 10.2 Å². The molecular weight excluding hydrogens is 496 g/mol. The molecule has 7 fully saturated rings. The van der Waals surface area contributed by atoms with Gasteiger partial charge in [-0.15, -0.1) is 0 Å². The van der Waals surface area contributed by atoms with Crippen LogP contribution in [0.4, 0.5) is 0 Å². The van der Waals surface area contributed by atoms with E-state index in [9.17, 15) is 19.8 Å². The molecule has 6 unspecified atom stereocenters. The number of hydrogen-bond acceptors (Lipinski definition) is 2. The summed E-state index contributed by atoms with van der Waals surface area (Å²) in [6.07, 6.45) is 27.1. The molecule has 40 heavy (non-hydrogen) atoms. The maximum Gasteiger partial charge on any atom is 0.310 e. The van der Waals surface area contributed by atoms with E-state index in [0.717, 1.165) is 56.3 Å². The summed E-state index contributed by atoms with van der Waals surface area (Å²) in [5.41, 5.74) is -0.739. The van der Waals surface area contributed by atoms with Gasteiger partial charge in [-0.05, 0) is 135 Å². The maximum atomic E-state index is 12.6. The largest absolute Gasteiger partial charge is 0.481 e. The molecule has 8 bridgehead atoms. The molecule has 2 N–H and O–H groups in total. The molecule has 0 aliphatic heterocycles. The second-order valence-electron chi connectivity index (χ2n) is 16.9. The van der Waals surface area contributed by atoms with Crippen LogP contribution in [0.2, 0.25) is 0 Å². The molecule has 0 saturated heterocycles. The average Bonchev–Trinajstić information content (AvgIpc) is 3.70. The quantitative estimate of drug-likeness (QED) is 0.338. The highest BCUT2D eigenvalue weighted by Gasteiger charge is 2.70. The van der Waals surface area contributed by atoms with Gasteiger partial charge in [-0.2, -0.15) is 0 Å². The fourth-order valence-electron chi connectivity index (χ4n) is 13.3. The lowest BCUT2D eigenvalue weighted by Gasteiger charge is -2.66. The lowest BCUT2D eigenvalue weighted by molar-refractivity contribution is -0.196. The topological polar surface area (TPSA) is 74.6 Å². The number of carboxylic acid groups (broad SMARTS) is 2. The summed E-state index contributed by atoms with van der Waals surface area (Å²) in [7, 11) is 0. The van der Waals surface area contributed by atoms with Crippen LogP contribution in [-0.2, 0) is 9.59 Å². The number of fused-ring (bicyclic) bond motifs is 4. The van der Waals surface area contributed by atoms with Crippen LogP contribution in [0.1, 0.15) is 117 Å². The molecule has 0 spiro atoms. The minimum absolute atomic E-state index is 0.0290. The van der Waals surface area contributed by atoms with Crippen molar-refractivity contribution in [2.75, 3.05) is 0 Å². The zero-order valence-corrected chi connectivity index (χ0v) is 25.2. The number of hydrogen-bond donors (Lipinski definition) is 2. The molecule has 0 radical (unpaired) electrons. The van der Waals surface area contributed by atoms with Gasteiger partial charge in [0.25, 0.3) is 0 Å². The zero-order valence-electron chi connectivity index (χ0n) is 25.2. The van der Waals surface area contributed by atoms with E-state index < -0.39 is 22.8 Å². The lowest BCUT2D eigenvalue weighted by Crippen LogP contribution is -2.61. The lowest BCUT2D eigenvalue weighted by atomic mass is 9.38. The molecule has 0 aromatic heterocycles. The summed E-state index contributed by atoms with van der Waals surface area (Å²) in [5, 5.41) is 20.3. The van der Waals surface area contributed by atoms with E-state index in [1.165, 1.54) is 57.8 Å². The molecule has 9 rings (SSSR count). The predicted octanol–water partition coefficient (Wildman–Crippen LogP) is 8.52. The van der Waals surface area contributed by atoms with Gasteiger partial charge >= 0.3 is 11.9 Å². The van der Waals surface area contributed by atoms with Crippen molar-refractivity contribution >= 4 is 11.9 Å². The third-order valence-corrected chi connectivity index (χ3v) is 15.1. The Labute approximate surface area is 241 Å². The van der Waals surface area contributed by atoms with Crippen molar-refractivity contribution in [2.24, 2.45) is 68.5 Å². The van der Waals surface area contributed by atoms with Gasteiger partial charge in [0.05, 0.1) is 10.8 Å². The monoisotopic (exact) mass is 548 g/mol. The van der Waals surface area contributed by atoms with E-state index in [4.69, 9.17) is 0 Å². The summed E-state index contributed by atoms with van der Waals surface area (Å²) in [6.45, 7) is 6.94. The Morgan fingerprint density at radius 3 is 1.60 bits per heavy atom. The number of carbonyl (C=O) groups is 2. The highest BCUT2D eigenvalue weighted by molar-refractivity contribution is 5.78. The third kappa shape index (κ3) is 3.49. The van der Waals surface area contributed by atoms with E-state index in [-0.39, 0.29) is 16.7 Å².